The number of hydrogen-bond donors (Lipinski definition) is 0. The van der Waals surface area contributed by atoms with Crippen molar-refractivity contribution in [3.05, 3.63) is 63.1 Å². The molecule has 1 aliphatic heterocycles. The van der Waals surface area contributed by atoms with Crippen molar-refractivity contribution in [1.82, 2.24) is 4.90 Å². The number of morpholine rings is 1. The predicted molar refractivity (Wildman–Crippen MR) is 106 cm³/mol. The van der Waals surface area contributed by atoms with Gasteiger partial charge in [-0.1, -0.05) is 39.7 Å². The molecule has 1 fully saturated rings. The molecule has 2 aromatic rings. The molecule has 25 heavy (non-hydrogen) atoms. The lowest BCUT2D eigenvalue weighted by Gasteiger charge is -2.26. The summed E-state index contributed by atoms with van der Waals surface area (Å²) in [7, 11) is 0. The first-order chi connectivity index (χ1) is 12.2. The van der Waals surface area contributed by atoms with Gasteiger partial charge in [0.1, 0.15) is 12.4 Å². The molecule has 3 nitrogen and oxygen atoms in total. The van der Waals surface area contributed by atoms with Gasteiger partial charge < -0.3 is 9.47 Å². The molecular weight excluding hydrogens is 402 g/mol. The summed E-state index contributed by atoms with van der Waals surface area (Å²) in [6, 6.07) is 14.1. The first-order valence-electron chi connectivity index (χ1n) is 8.66. The van der Waals surface area contributed by atoms with Crippen LogP contribution in [0.15, 0.2) is 46.9 Å². The third-order valence-electron chi connectivity index (χ3n) is 4.33. The van der Waals surface area contributed by atoms with E-state index in [0.717, 1.165) is 66.5 Å². The number of rotatable bonds is 7. The van der Waals surface area contributed by atoms with Gasteiger partial charge in [0, 0.05) is 22.6 Å². The van der Waals surface area contributed by atoms with Crippen molar-refractivity contribution in [2.24, 2.45) is 0 Å². The monoisotopic (exact) mass is 423 g/mol. The van der Waals surface area contributed by atoms with Gasteiger partial charge in [0.05, 0.1) is 13.2 Å². The van der Waals surface area contributed by atoms with Gasteiger partial charge >= 0.3 is 0 Å². The van der Waals surface area contributed by atoms with Crippen LogP contribution in [0.2, 0.25) is 5.02 Å². The molecule has 0 radical (unpaired) electrons. The number of nitrogens with zero attached hydrogens (tertiary/aromatic N) is 1. The summed E-state index contributed by atoms with van der Waals surface area (Å²) in [6.45, 7) is 5.39. The molecule has 0 saturated carbocycles. The second-order valence-corrected chi connectivity index (χ2v) is 7.58. The molecule has 0 aromatic heterocycles. The van der Waals surface area contributed by atoms with E-state index < -0.39 is 0 Å². The number of aryl methyl sites for hydroxylation is 1. The van der Waals surface area contributed by atoms with E-state index in [2.05, 4.69) is 33.0 Å². The van der Waals surface area contributed by atoms with Crippen LogP contribution in [0.1, 0.15) is 17.5 Å². The lowest BCUT2D eigenvalue weighted by atomic mass is 10.1. The zero-order chi connectivity index (χ0) is 17.5. The summed E-state index contributed by atoms with van der Waals surface area (Å²) in [4.78, 5) is 2.45. The van der Waals surface area contributed by atoms with Crippen LogP contribution in [0.5, 0.6) is 5.75 Å². The first-order valence-corrected chi connectivity index (χ1v) is 9.83. The van der Waals surface area contributed by atoms with Crippen LogP contribution in [0.25, 0.3) is 0 Å². The summed E-state index contributed by atoms with van der Waals surface area (Å²) in [5, 5.41) is 0.760. The van der Waals surface area contributed by atoms with Crippen LogP contribution < -0.4 is 4.74 Å². The van der Waals surface area contributed by atoms with Crippen molar-refractivity contribution < 1.29 is 9.47 Å². The summed E-state index contributed by atoms with van der Waals surface area (Å²) >= 11 is 9.69. The maximum absolute atomic E-state index is 6.19. The van der Waals surface area contributed by atoms with Crippen LogP contribution in [-0.4, -0.2) is 37.7 Å². The molecule has 0 bridgehead atoms. The Morgan fingerprint density at radius 2 is 1.96 bits per heavy atom. The van der Waals surface area contributed by atoms with E-state index in [4.69, 9.17) is 21.1 Å². The van der Waals surface area contributed by atoms with Crippen LogP contribution in [0, 0.1) is 0 Å². The Bertz CT molecular complexity index is 689. The molecule has 5 heteroatoms. The van der Waals surface area contributed by atoms with Crippen molar-refractivity contribution in [2.75, 3.05) is 32.8 Å². The van der Waals surface area contributed by atoms with Gasteiger partial charge in [-0.2, -0.15) is 0 Å². The minimum Gasteiger partial charge on any atom is -0.489 e. The molecule has 2 aromatic carbocycles. The van der Waals surface area contributed by atoms with Crippen LogP contribution in [-0.2, 0) is 17.8 Å². The Balaban J connectivity index is 1.57. The molecule has 0 N–H and O–H groups in total. The third kappa shape index (κ3) is 6.00. The highest BCUT2D eigenvalue weighted by atomic mass is 79.9. The molecule has 3 rings (SSSR count). The lowest BCUT2D eigenvalue weighted by molar-refractivity contribution is 0.0374. The fraction of sp³-hybridized carbons (Fsp3) is 0.400. The summed E-state index contributed by atoms with van der Waals surface area (Å²) < 4.78 is 12.5. The summed E-state index contributed by atoms with van der Waals surface area (Å²) in [6.07, 6.45) is 2.05. The minimum absolute atomic E-state index is 0.553. The van der Waals surface area contributed by atoms with Gasteiger partial charge in [0.2, 0.25) is 0 Å². The second kappa shape index (κ2) is 9.58. The number of ether oxygens (including phenoxy) is 2. The lowest BCUT2D eigenvalue weighted by Crippen LogP contribution is -2.36. The van der Waals surface area contributed by atoms with Gasteiger partial charge in [-0.25, -0.2) is 0 Å². The molecule has 1 aliphatic rings. The largest absolute Gasteiger partial charge is 0.489 e. The highest BCUT2D eigenvalue weighted by molar-refractivity contribution is 9.10. The molecule has 0 atom stereocenters. The van der Waals surface area contributed by atoms with E-state index >= 15 is 0 Å². The number of hydrogen-bond acceptors (Lipinski definition) is 3. The van der Waals surface area contributed by atoms with Crippen LogP contribution >= 0.6 is 27.5 Å². The molecule has 134 valence electrons. The molecule has 0 amide bonds. The Hall–Kier alpha value is -1.07. The van der Waals surface area contributed by atoms with Crippen LogP contribution in [0.3, 0.4) is 0 Å². The molecule has 1 saturated heterocycles. The highest BCUT2D eigenvalue weighted by Gasteiger charge is 2.11. The van der Waals surface area contributed by atoms with E-state index in [-0.39, 0.29) is 0 Å². The molecule has 0 aliphatic carbocycles. The Morgan fingerprint density at radius 1 is 1.12 bits per heavy atom. The average Bonchev–Trinajstić information content (AvgIpc) is 2.62. The Kier molecular flexibility index (Phi) is 7.17. The second-order valence-electron chi connectivity index (χ2n) is 6.23. The molecular formula is C20H23BrClNO2. The number of benzene rings is 2. The number of halogens is 2. The van der Waals surface area contributed by atoms with Gasteiger partial charge in [-0.3, -0.25) is 4.90 Å². The van der Waals surface area contributed by atoms with Gasteiger partial charge in [0.15, 0.2) is 0 Å². The van der Waals surface area contributed by atoms with Crippen molar-refractivity contribution in [2.45, 2.75) is 19.4 Å². The van der Waals surface area contributed by atoms with Gasteiger partial charge in [-0.05, 0) is 60.8 Å². The van der Waals surface area contributed by atoms with Crippen molar-refractivity contribution in [3.63, 3.8) is 0 Å². The zero-order valence-corrected chi connectivity index (χ0v) is 16.6. The average molecular weight is 425 g/mol. The summed E-state index contributed by atoms with van der Waals surface area (Å²) in [5.41, 5.74) is 2.32. The molecule has 0 spiro atoms. The summed E-state index contributed by atoms with van der Waals surface area (Å²) in [5.74, 6) is 0.923. The van der Waals surface area contributed by atoms with E-state index in [1.165, 1.54) is 5.56 Å². The first kappa shape index (κ1) is 18.7. The van der Waals surface area contributed by atoms with Gasteiger partial charge in [0.25, 0.3) is 0 Å². The Labute approximate surface area is 163 Å². The predicted octanol–water partition coefficient (Wildman–Crippen LogP) is 4.95. The molecule has 1 heterocycles. The van der Waals surface area contributed by atoms with Crippen molar-refractivity contribution >= 4 is 27.5 Å². The van der Waals surface area contributed by atoms with Crippen molar-refractivity contribution in [3.8, 4) is 5.75 Å². The highest BCUT2D eigenvalue weighted by Crippen LogP contribution is 2.25. The Morgan fingerprint density at radius 3 is 2.76 bits per heavy atom. The van der Waals surface area contributed by atoms with E-state index in [1.807, 2.05) is 30.3 Å². The quantitative estimate of drug-likeness (QED) is 0.628. The van der Waals surface area contributed by atoms with E-state index in [1.54, 1.807) is 0 Å². The van der Waals surface area contributed by atoms with Crippen molar-refractivity contribution in [1.29, 1.82) is 0 Å². The maximum Gasteiger partial charge on any atom is 0.123 e. The fourth-order valence-electron chi connectivity index (χ4n) is 2.99. The van der Waals surface area contributed by atoms with Gasteiger partial charge in [-0.15, -0.1) is 0 Å². The maximum atomic E-state index is 6.19. The smallest absolute Gasteiger partial charge is 0.123 e. The topological polar surface area (TPSA) is 21.7 Å². The standard InChI is InChI=1S/C20H23BrClNO2/c21-18-5-1-3-16(13-18)15-25-20-7-6-19(22)14-17(20)4-2-8-23-9-11-24-12-10-23/h1,3,5-7,13-14H,2,4,8-12,15H2. The normalized spacial score (nSPS) is 15.3. The minimum atomic E-state index is 0.553. The van der Waals surface area contributed by atoms with Crippen LogP contribution in [0.4, 0.5) is 0 Å². The molecule has 0 unspecified atom stereocenters. The third-order valence-corrected chi connectivity index (χ3v) is 5.06. The van der Waals surface area contributed by atoms with E-state index in [9.17, 15) is 0 Å². The van der Waals surface area contributed by atoms with E-state index in [0.29, 0.717) is 6.61 Å². The SMILES string of the molecule is Clc1ccc(OCc2cccc(Br)c2)c(CCCN2CCOCC2)c1. The zero-order valence-electron chi connectivity index (χ0n) is 14.2. The fourth-order valence-corrected chi connectivity index (χ4v) is 3.63.